The Morgan fingerprint density at radius 1 is 1.39 bits per heavy atom. The summed E-state index contributed by atoms with van der Waals surface area (Å²) in [5.41, 5.74) is 1.17. The van der Waals surface area contributed by atoms with Crippen molar-refractivity contribution in [3.8, 4) is 11.5 Å². The number of piperidine rings is 1. The van der Waals surface area contributed by atoms with Gasteiger partial charge in [0, 0.05) is 32.6 Å². The monoisotopic (exact) mass is 320 g/mol. The fourth-order valence-electron chi connectivity index (χ4n) is 3.08. The second kappa shape index (κ2) is 8.20. The molecule has 5 nitrogen and oxygen atoms in total. The molecule has 1 N–H and O–H groups in total. The van der Waals surface area contributed by atoms with E-state index in [4.69, 9.17) is 9.47 Å². The first-order chi connectivity index (χ1) is 11.0. The van der Waals surface area contributed by atoms with E-state index in [0.717, 1.165) is 37.6 Å². The van der Waals surface area contributed by atoms with E-state index in [2.05, 4.69) is 18.3 Å². The van der Waals surface area contributed by atoms with E-state index in [-0.39, 0.29) is 5.91 Å². The Balaban J connectivity index is 1.92. The molecule has 0 aromatic heterocycles. The molecule has 5 heteroatoms. The fourth-order valence-corrected chi connectivity index (χ4v) is 3.08. The van der Waals surface area contributed by atoms with Gasteiger partial charge in [0.25, 0.3) is 0 Å². The number of carbonyl (C=O) groups is 1. The third-order valence-corrected chi connectivity index (χ3v) is 4.45. The van der Waals surface area contributed by atoms with Crippen LogP contribution in [-0.4, -0.2) is 43.7 Å². The van der Waals surface area contributed by atoms with Crippen LogP contribution < -0.4 is 14.8 Å². The van der Waals surface area contributed by atoms with Crippen LogP contribution in [0.3, 0.4) is 0 Å². The van der Waals surface area contributed by atoms with Crippen LogP contribution in [0.15, 0.2) is 18.2 Å². The molecule has 1 saturated heterocycles. The van der Waals surface area contributed by atoms with E-state index in [1.54, 1.807) is 14.0 Å². The van der Waals surface area contributed by atoms with Crippen molar-refractivity contribution in [2.75, 3.05) is 26.8 Å². The molecule has 1 aliphatic heterocycles. The molecule has 1 amide bonds. The number of rotatable bonds is 6. The van der Waals surface area contributed by atoms with Crippen LogP contribution in [0.25, 0.3) is 0 Å². The summed E-state index contributed by atoms with van der Waals surface area (Å²) in [5, 5.41) is 3.62. The second-order valence-corrected chi connectivity index (χ2v) is 6.14. The Bertz CT molecular complexity index is 533. The summed E-state index contributed by atoms with van der Waals surface area (Å²) in [6, 6.07) is 6.48. The highest BCUT2D eigenvalue weighted by Gasteiger charge is 2.26. The zero-order chi connectivity index (χ0) is 16.8. The highest BCUT2D eigenvalue weighted by molar-refractivity contribution is 5.73. The number of nitrogens with one attached hydrogen (secondary N) is 1. The number of carbonyl (C=O) groups excluding carboxylic acids is 1. The average molecular weight is 320 g/mol. The minimum Gasteiger partial charge on any atom is -0.493 e. The molecule has 0 spiro atoms. The summed E-state index contributed by atoms with van der Waals surface area (Å²) in [7, 11) is 1.66. The van der Waals surface area contributed by atoms with E-state index < -0.39 is 0 Å². The Labute approximate surface area is 139 Å². The van der Waals surface area contributed by atoms with Gasteiger partial charge in [0.05, 0.1) is 13.7 Å². The number of amides is 1. The average Bonchev–Trinajstić information content (AvgIpc) is 2.54. The Morgan fingerprint density at radius 2 is 2.17 bits per heavy atom. The maximum atomic E-state index is 11.5. The molecule has 2 rings (SSSR count). The standard InChI is InChI=1S/C18H28N2O3/c1-5-23-17-7-6-15(10-18(17)22-4)11-19-16-8-9-20(14(3)21)12-13(16)2/h6-7,10,13,16,19H,5,8-9,11-12H2,1-4H3. The minimum absolute atomic E-state index is 0.173. The van der Waals surface area contributed by atoms with Gasteiger partial charge in [0.2, 0.25) is 5.91 Å². The molecule has 1 fully saturated rings. The lowest BCUT2D eigenvalue weighted by atomic mass is 9.93. The first-order valence-electron chi connectivity index (χ1n) is 8.33. The lowest BCUT2D eigenvalue weighted by Crippen LogP contribution is -2.49. The van der Waals surface area contributed by atoms with Crippen LogP contribution in [0.2, 0.25) is 0 Å². The first-order valence-corrected chi connectivity index (χ1v) is 8.33. The van der Waals surface area contributed by atoms with Crippen molar-refractivity contribution in [1.29, 1.82) is 0 Å². The summed E-state index contributed by atoms with van der Waals surface area (Å²) < 4.78 is 10.9. The predicted molar refractivity (Wildman–Crippen MR) is 90.8 cm³/mol. The highest BCUT2D eigenvalue weighted by atomic mass is 16.5. The number of hydrogen-bond donors (Lipinski definition) is 1. The maximum Gasteiger partial charge on any atom is 0.219 e. The third-order valence-electron chi connectivity index (χ3n) is 4.45. The molecule has 23 heavy (non-hydrogen) atoms. The van der Waals surface area contributed by atoms with Gasteiger partial charge in [-0.3, -0.25) is 4.79 Å². The first kappa shape index (κ1) is 17.6. The van der Waals surface area contributed by atoms with Crippen molar-refractivity contribution >= 4 is 5.91 Å². The van der Waals surface area contributed by atoms with Crippen molar-refractivity contribution in [2.45, 2.75) is 39.8 Å². The molecule has 2 atom stereocenters. The van der Waals surface area contributed by atoms with Gasteiger partial charge < -0.3 is 19.7 Å². The number of nitrogens with zero attached hydrogens (tertiary/aromatic N) is 1. The van der Waals surface area contributed by atoms with Crippen molar-refractivity contribution in [3.05, 3.63) is 23.8 Å². The Kier molecular flexibility index (Phi) is 6.28. The summed E-state index contributed by atoms with van der Waals surface area (Å²) in [6.07, 6.45) is 0.995. The number of benzene rings is 1. The van der Waals surface area contributed by atoms with Crippen LogP contribution in [0, 0.1) is 5.92 Å². The van der Waals surface area contributed by atoms with E-state index >= 15 is 0 Å². The number of methoxy groups -OCH3 is 1. The van der Waals surface area contributed by atoms with Gasteiger partial charge in [-0.1, -0.05) is 13.0 Å². The molecule has 0 saturated carbocycles. The molecule has 1 heterocycles. The van der Waals surface area contributed by atoms with Crippen LogP contribution in [0.4, 0.5) is 0 Å². The molecular formula is C18H28N2O3. The molecule has 128 valence electrons. The molecule has 1 aromatic rings. The summed E-state index contributed by atoms with van der Waals surface area (Å²) >= 11 is 0. The van der Waals surface area contributed by atoms with Crippen molar-refractivity contribution in [3.63, 3.8) is 0 Å². The third kappa shape index (κ3) is 4.61. The summed E-state index contributed by atoms with van der Waals surface area (Å²) in [5.74, 6) is 2.18. The maximum absolute atomic E-state index is 11.5. The Morgan fingerprint density at radius 3 is 2.78 bits per heavy atom. The SMILES string of the molecule is CCOc1ccc(CNC2CCN(C(C)=O)CC2C)cc1OC. The van der Waals surface area contributed by atoms with Gasteiger partial charge in [0.1, 0.15) is 0 Å². The van der Waals surface area contributed by atoms with Gasteiger partial charge in [-0.25, -0.2) is 0 Å². The number of ether oxygens (including phenoxy) is 2. The van der Waals surface area contributed by atoms with Gasteiger partial charge in [-0.2, -0.15) is 0 Å². The van der Waals surface area contributed by atoms with E-state index in [1.165, 1.54) is 5.56 Å². The minimum atomic E-state index is 0.173. The van der Waals surface area contributed by atoms with Crippen LogP contribution >= 0.6 is 0 Å². The summed E-state index contributed by atoms with van der Waals surface area (Å²) in [4.78, 5) is 13.4. The number of likely N-dealkylation sites (tertiary alicyclic amines) is 1. The molecular weight excluding hydrogens is 292 g/mol. The highest BCUT2D eigenvalue weighted by Crippen LogP contribution is 2.28. The van der Waals surface area contributed by atoms with Gasteiger partial charge >= 0.3 is 0 Å². The van der Waals surface area contributed by atoms with Crippen LogP contribution in [0.1, 0.15) is 32.8 Å². The van der Waals surface area contributed by atoms with E-state index in [1.807, 2.05) is 24.0 Å². The van der Waals surface area contributed by atoms with Crippen molar-refractivity contribution in [2.24, 2.45) is 5.92 Å². The molecule has 0 radical (unpaired) electrons. The topological polar surface area (TPSA) is 50.8 Å². The van der Waals surface area contributed by atoms with Gasteiger partial charge in [-0.15, -0.1) is 0 Å². The van der Waals surface area contributed by atoms with Crippen LogP contribution in [0.5, 0.6) is 11.5 Å². The zero-order valence-corrected chi connectivity index (χ0v) is 14.6. The number of hydrogen-bond acceptors (Lipinski definition) is 4. The van der Waals surface area contributed by atoms with E-state index in [9.17, 15) is 4.79 Å². The molecule has 1 aromatic carbocycles. The molecule has 0 bridgehead atoms. The molecule has 1 aliphatic rings. The molecule has 0 aliphatic carbocycles. The largest absolute Gasteiger partial charge is 0.493 e. The van der Waals surface area contributed by atoms with Gasteiger partial charge in [0.15, 0.2) is 11.5 Å². The predicted octanol–water partition coefficient (Wildman–Crippen LogP) is 2.44. The second-order valence-electron chi connectivity index (χ2n) is 6.14. The Hall–Kier alpha value is -1.75. The zero-order valence-electron chi connectivity index (χ0n) is 14.6. The normalized spacial score (nSPS) is 21.1. The lowest BCUT2D eigenvalue weighted by Gasteiger charge is -2.37. The van der Waals surface area contributed by atoms with Crippen molar-refractivity contribution < 1.29 is 14.3 Å². The van der Waals surface area contributed by atoms with Crippen LogP contribution in [-0.2, 0) is 11.3 Å². The quantitative estimate of drug-likeness (QED) is 0.875. The lowest BCUT2D eigenvalue weighted by molar-refractivity contribution is -0.130. The van der Waals surface area contributed by atoms with E-state index in [0.29, 0.717) is 18.6 Å². The fraction of sp³-hybridized carbons (Fsp3) is 0.611. The van der Waals surface area contributed by atoms with Crippen molar-refractivity contribution in [1.82, 2.24) is 10.2 Å². The molecule has 2 unspecified atom stereocenters. The van der Waals surface area contributed by atoms with Gasteiger partial charge in [-0.05, 0) is 37.0 Å². The smallest absolute Gasteiger partial charge is 0.219 e. The summed E-state index contributed by atoms with van der Waals surface area (Å²) in [6.45, 7) is 8.89.